The Hall–Kier alpha value is -1.75. The van der Waals surface area contributed by atoms with Crippen molar-refractivity contribution in [3.05, 3.63) is 29.8 Å². The summed E-state index contributed by atoms with van der Waals surface area (Å²) in [6.45, 7) is 6.62. The van der Waals surface area contributed by atoms with E-state index in [1.165, 1.54) is 70.1 Å². The molecule has 1 aliphatic carbocycles. The van der Waals surface area contributed by atoms with E-state index < -0.39 is 0 Å². The molecule has 0 bridgehead atoms. The summed E-state index contributed by atoms with van der Waals surface area (Å²) in [4.78, 5) is 7.01. The van der Waals surface area contributed by atoms with Crippen molar-refractivity contribution < 1.29 is 4.74 Å². The second-order valence-electron chi connectivity index (χ2n) is 7.82. The molecule has 0 radical (unpaired) electrons. The van der Waals surface area contributed by atoms with Gasteiger partial charge in [-0.15, -0.1) is 0 Å². The number of piperidine rings is 1. The molecule has 0 amide bonds. The van der Waals surface area contributed by atoms with Crippen molar-refractivity contribution in [1.29, 1.82) is 0 Å². The van der Waals surface area contributed by atoms with Crippen LogP contribution in [0.25, 0.3) is 0 Å². The molecule has 5 nitrogen and oxygen atoms in total. The first-order chi connectivity index (χ1) is 13.3. The second kappa shape index (κ2) is 10.5. The van der Waals surface area contributed by atoms with Gasteiger partial charge in [-0.3, -0.25) is 4.99 Å². The van der Waals surface area contributed by atoms with Crippen LogP contribution in [0.15, 0.2) is 29.3 Å². The monoisotopic (exact) mass is 372 g/mol. The van der Waals surface area contributed by atoms with Crippen LogP contribution in [0.2, 0.25) is 0 Å². The molecule has 150 valence electrons. The number of aliphatic imine (C=N–C) groups is 1. The standard InChI is InChI=1S/C22H36N4O/c1-3-4-14-26-15-12-19(13-16-26)25-22(23-2)24-17-18-8-5-6-11-21(18)27-20-9-7-10-20/h5-6,8,11,19-20H,3-4,7,9-10,12-17H2,1-2H3,(H2,23,24,25). The number of guanidine groups is 1. The maximum Gasteiger partial charge on any atom is 0.191 e. The van der Waals surface area contributed by atoms with Gasteiger partial charge in [-0.05, 0) is 51.1 Å². The lowest BCUT2D eigenvalue weighted by molar-refractivity contribution is 0.119. The van der Waals surface area contributed by atoms with Crippen LogP contribution in [0.3, 0.4) is 0 Å². The Kier molecular flexibility index (Phi) is 7.81. The van der Waals surface area contributed by atoms with Gasteiger partial charge in [-0.1, -0.05) is 31.5 Å². The van der Waals surface area contributed by atoms with E-state index >= 15 is 0 Å². The highest BCUT2D eigenvalue weighted by Crippen LogP contribution is 2.27. The van der Waals surface area contributed by atoms with Crippen LogP contribution in [0.4, 0.5) is 0 Å². The van der Waals surface area contributed by atoms with Gasteiger partial charge in [0.1, 0.15) is 5.75 Å². The second-order valence-corrected chi connectivity index (χ2v) is 7.82. The van der Waals surface area contributed by atoms with Crippen LogP contribution in [-0.4, -0.2) is 49.7 Å². The first-order valence-corrected chi connectivity index (χ1v) is 10.7. The molecule has 1 aliphatic heterocycles. The lowest BCUT2D eigenvalue weighted by atomic mass is 9.96. The third kappa shape index (κ3) is 6.13. The number of ether oxygens (including phenoxy) is 1. The highest BCUT2D eigenvalue weighted by Gasteiger charge is 2.21. The third-order valence-corrected chi connectivity index (χ3v) is 5.74. The van der Waals surface area contributed by atoms with Crippen molar-refractivity contribution in [1.82, 2.24) is 15.5 Å². The molecular formula is C22H36N4O. The number of likely N-dealkylation sites (tertiary alicyclic amines) is 1. The highest BCUT2D eigenvalue weighted by atomic mass is 16.5. The Morgan fingerprint density at radius 3 is 2.63 bits per heavy atom. The summed E-state index contributed by atoms with van der Waals surface area (Å²) in [7, 11) is 1.85. The van der Waals surface area contributed by atoms with Crippen molar-refractivity contribution in [2.75, 3.05) is 26.7 Å². The summed E-state index contributed by atoms with van der Waals surface area (Å²) in [6, 6.07) is 8.86. The molecule has 2 fully saturated rings. The average molecular weight is 373 g/mol. The largest absolute Gasteiger partial charge is 0.490 e. The molecule has 2 N–H and O–H groups in total. The normalized spacial score (nSPS) is 19.6. The lowest BCUT2D eigenvalue weighted by Gasteiger charge is -2.33. The molecule has 1 aromatic rings. The zero-order chi connectivity index (χ0) is 18.9. The number of hydrogen-bond acceptors (Lipinski definition) is 3. The van der Waals surface area contributed by atoms with Crippen molar-refractivity contribution >= 4 is 5.96 Å². The summed E-state index contributed by atoms with van der Waals surface area (Å²) in [5, 5.41) is 7.08. The topological polar surface area (TPSA) is 48.9 Å². The molecule has 0 unspecified atom stereocenters. The van der Waals surface area contributed by atoms with Gasteiger partial charge in [-0.2, -0.15) is 0 Å². The van der Waals surface area contributed by atoms with E-state index in [1.807, 2.05) is 7.05 Å². The summed E-state index contributed by atoms with van der Waals surface area (Å²) < 4.78 is 6.14. The molecule has 0 spiro atoms. The van der Waals surface area contributed by atoms with E-state index in [-0.39, 0.29) is 0 Å². The minimum atomic E-state index is 0.404. The van der Waals surface area contributed by atoms with Crippen LogP contribution in [-0.2, 0) is 6.54 Å². The van der Waals surface area contributed by atoms with Gasteiger partial charge in [0.05, 0.1) is 6.10 Å². The molecule has 27 heavy (non-hydrogen) atoms. The summed E-state index contributed by atoms with van der Waals surface area (Å²) in [5.41, 5.74) is 1.20. The molecule has 2 aliphatic rings. The van der Waals surface area contributed by atoms with E-state index in [2.05, 4.69) is 51.7 Å². The van der Waals surface area contributed by atoms with E-state index in [9.17, 15) is 0 Å². The van der Waals surface area contributed by atoms with Crippen molar-refractivity contribution in [3.8, 4) is 5.75 Å². The first-order valence-electron chi connectivity index (χ1n) is 10.7. The Balaban J connectivity index is 1.44. The van der Waals surface area contributed by atoms with Gasteiger partial charge in [0.15, 0.2) is 5.96 Å². The number of para-hydroxylation sites is 1. The molecule has 1 aromatic carbocycles. The van der Waals surface area contributed by atoms with Gasteiger partial charge in [-0.25, -0.2) is 0 Å². The van der Waals surface area contributed by atoms with Crippen molar-refractivity contribution in [2.45, 2.75) is 70.6 Å². The number of nitrogens with one attached hydrogen (secondary N) is 2. The van der Waals surface area contributed by atoms with Gasteiger partial charge in [0.2, 0.25) is 0 Å². The van der Waals surface area contributed by atoms with E-state index in [4.69, 9.17) is 4.74 Å². The summed E-state index contributed by atoms with van der Waals surface area (Å²) >= 11 is 0. The molecule has 3 rings (SSSR count). The third-order valence-electron chi connectivity index (χ3n) is 5.74. The predicted molar refractivity (Wildman–Crippen MR) is 112 cm³/mol. The maximum atomic E-state index is 6.14. The van der Waals surface area contributed by atoms with Crippen LogP contribution in [0.1, 0.15) is 57.4 Å². The Morgan fingerprint density at radius 1 is 1.19 bits per heavy atom. The van der Waals surface area contributed by atoms with Crippen LogP contribution in [0.5, 0.6) is 5.75 Å². The molecule has 1 heterocycles. The highest BCUT2D eigenvalue weighted by molar-refractivity contribution is 5.80. The van der Waals surface area contributed by atoms with E-state index in [1.54, 1.807) is 0 Å². The van der Waals surface area contributed by atoms with Crippen LogP contribution < -0.4 is 15.4 Å². The van der Waals surface area contributed by atoms with Gasteiger partial charge in [0, 0.05) is 38.3 Å². The van der Waals surface area contributed by atoms with Gasteiger partial charge < -0.3 is 20.3 Å². The lowest BCUT2D eigenvalue weighted by Crippen LogP contribution is -2.48. The number of benzene rings is 1. The summed E-state index contributed by atoms with van der Waals surface area (Å²) in [5.74, 6) is 1.90. The van der Waals surface area contributed by atoms with Gasteiger partial charge in [0.25, 0.3) is 0 Å². The number of nitrogens with zero attached hydrogens (tertiary/aromatic N) is 2. The fourth-order valence-electron chi connectivity index (χ4n) is 3.68. The molecule has 1 saturated carbocycles. The van der Waals surface area contributed by atoms with Crippen LogP contribution in [0, 0.1) is 0 Å². The van der Waals surface area contributed by atoms with E-state index in [0.29, 0.717) is 12.1 Å². The molecular weight excluding hydrogens is 336 g/mol. The van der Waals surface area contributed by atoms with E-state index in [0.717, 1.165) is 18.3 Å². The SMILES string of the molecule is CCCCN1CCC(NC(=NC)NCc2ccccc2OC2CCC2)CC1. The number of unbranched alkanes of at least 4 members (excludes halogenated alkanes) is 1. The predicted octanol–water partition coefficient (Wildman–Crippen LogP) is 3.55. The molecule has 0 atom stereocenters. The van der Waals surface area contributed by atoms with Crippen molar-refractivity contribution in [3.63, 3.8) is 0 Å². The fraction of sp³-hybridized carbons (Fsp3) is 0.682. The fourth-order valence-corrected chi connectivity index (χ4v) is 3.68. The maximum absolute atomic E-state index is 6.14. The zero-order valence-electron chi connectivity index (χ0n) is 17.0. The number of rotatable bonds is 8. The number of hydrogen-bond donors (Lipinski definition) is 2. The van der Waals surface area contributed by atoms with Gasteiger partial charge >= 0.3 is 0 Å². The molecule has 5 heteroatoms. The molecule has 0 aromatic heterocycles. The molecule has 1 saturated heterocycles. The minimum Gasteiger partial charge on any atom is -0.490 e. The Bertz CT molecular complexity index is 592. The Morgan fingerprint density at radius 2 is 1.96 bits per heavy atom. The zero-order valence-corrected chi connectivity index (χ0v) is 17.0. The smallest absolute Gasteiger partial charge is 0.191 e. The average Bonchev–Trinajstić information content (AvgIpc) is 2.68. The summed E-state index contributed by atoms with van der Waals surface area (Å²) in [6.07, 6.45) is 9.02. The quantitative estimate of drug-likeness (QED) is 0.541. The van der Waals surface area contributed by atoms with Crippen molar-refractivity contribution in [2.24, 2.45) is 4.99 Å². The first kappa shape index (κ1) is 20.0. The van der Waals surface area contributed by atoms with Crippen LogP contribution >= 0.6 is 0 Å². The Labute approximate surface area is 164 Å². The minimum absolute atomic E-state index is 0.404.